The summed E-state index contributed by atoms with van der Waals surface area (Å²) in [5, 5.41) is 30.3. The van der Waals surface area contributed by atoms with Crippen molar-refractivity contribution in [2.24, 2.45) is 0 Å². The van der Waals surface area contributed by atoms with Crippen LogP contribution < -0.4 is 26.6 Å². The molecular weight excluding hydrogens is 502 g/mol. The minimum atomic E-state index is -1.40. The molecule has 0 bridgehead atoms. The largest absolute Gasteiger partial charge is 0.465 e. The Bertz CT molecular complexity index is 1230. The van der Waals surface area contributed by atoms with Gasteiger partial charge in [0, 0.05) is 31.5 Å². The molecule has 0 aliphatic rings. The zero-order valence-electron chi connectivity index (χ0n) is 19.6. The number of hydrogen-bond acceptors (Lipinski definition) is 8. The number of nitrogens with zero attached hydrogens (tertiary/aromatic N) is 2. The summed E-state index contributed by atoms with van der Waals surface area (Å²) in [7, 11) is 0. The van der Waals surface area contributed by atoms with Crippen LogP contribution in [0.25, 0.3) is 0 Å². The number of aryl methyl sites for hydroxylation is 2. The Kier molecular flexibility index (Phi) is 9.32. The fourth-order valence-corrected chi connectivity index (χ4v) is 4.19. The lowest BCUT2D eigenvalue weighted by Gasteiger charge is -2.19. The topological polar surface area (TPSA) is 195 Å². The van der Waals surface area contributed by atoms with Crippen LogP contribution in [0.3, 0.4) is 0 Å². The number of carbonyl (C=O) groups is 4. The van der Waals surface area contributed by atoms with E-state index < -0.39 is 18.5 Å². The van der Waals surface area contributed by atoms with Crippen molar-refractivity contribution >= 4 is 46.2 Å². The Labute approximate surface area is 215 Å². The number of nitrogens with one attached hydrogen (secondary N) is 5. The predicted octanol–water partition coefficient (Wildman–Crippen LogP) is 2.44. The Morgan fingerprint density at radius 1 is 0.919 bits per heavy atom. The van der Waals surface area contributed by atoms with E-state index in [2.05, 4.69) is 25.9 Å². The molecule has 0 radical (unpaired) electrons. The van der Waals surface area contributed by atoms with Crippen molar-refractivity contribution in [2.75, 3.05) is 10.6 Å². The quantitative estimate of drug-likeness (QED) is 0.183. The lowest BCUT2D eigenvalue weighted by molar-refractivity contribution is -0.114. The summed E-state index contributed by atoms with van der Waals surface area (Å²) < 4.78 is 0. The average Bonchev–Trinajstić information content (AvgIpc) is 3.24. The number of pyridine rings is 1. The number of amides is 4. The summed E-state index contributed by atoms with van der Waals surface area (Å²) in [5.74, 6) is -0.594. The van der Waals surface area contributed by atoms with Crippen LogP contribution in [-0.4, -0.2) is 50.5 Å². The molecule has 194 valence electrons. The van der Waals surface area contributed by atoms with Crippen LogP contribution in [0.5, 0.6) is 0 Å². The molecule has 7 N–H and O–H groups in total. The van der Waals surface area contributed by atoms with E-state index in [4.69, 9.17) is 10.2 Å². The number of rotatable bonds is 11. The van der Waals surface area contributed by atoms with E-state index in [0.29, 0.717) is 40.8 Å². The lowest BCUT2D eigenvalue weighted by atomic mass is 10.1. The zero-order valence-corrected chi connectivity index (χ0v) is 20.5. The highest BCUT2D eigenvalue weighted by Gasteiger charge is 2.19. The first-order valence-electron chi connectivity index (χ1n) is 11.0. The van der Waals surface area contributed by atoms with Crippen LogP contribution in [0.15, 0.2) is 48.8 Å². The molecule has 2 heterocycles. The lowest BCUT2D eigenvalue weighted by Crippen LogP contribution is -2.52. The maximum Gasteiger partial charge on any atom is 0.407 e. The number of carbonyl (C=O) groups excluding carboxylic acids is 2. The van der Waals surface area contributed by atoms with Crippen molar-refractivity contribution in [2.45, 2.75) is 32.6 Å². The number of benzene rings is 1. The van der Waals surface area contributed by atoms with Crippen molar-refractivity contribution < 1.29 is 29.4 Å². The first-order chi connectivity index (χ1) is 17.7. The van der Waals surface area contributed by atoms with Gasteiger partial charge >= 0.3 is 12.2 Å². The standard InChI is InChI=1S/C23H25N7O6S/c1-13(31)26-21-28-17(18(37-21)19(32)25-12-15-8-10-24-11-9-15)7-4-14-2-5-16(6-3-14)27-20(29-22(33)34)30-23(35)36/h2-3,5-6,8-11,20,27,29-30H,4,7,12H2,1H3,(H,25,32)(H,33,34)(H,35,36)(H,26,28,31). The summed E-state index contributed by atoms with van der Waals surface area (Å²) in [4.78, 5) is 54.9. The number of aromatic nitrogens is 2. The summed E-state index contributed by atoms with van der Waals surface area (Å²) >= 11 is 1.10. The molecule has 1 aromatic carbocycles. The normalized spacial score (nSPS) is 10.4. The van der Waals surface area contributed by atoms with Gasteiger partial charge in [-0.25, -0.2) is 14.6 Å². The summed E-state index contributed by atoms with van der Waals surface area (Å²) in [6.07, 6.45) is 0.192. The monoisotopic (exact) mass is 527 g/mol. The minimum Gasteiger partial charge on any atom is -0.465 e. The van der Waals surface area contributed by atoms with Gasteiger partial charge in [-0.15, -0.1) is 0 Å². The molecule has 0 spiro atoms. The van der Waals surface area contributed by atoms with Gasteiger partial charge in [-0.1, -0.05) is 23.5 Å². The van der Waals surface area contributed by atoms with E-state index in [-0.39, 0.29) is 11.8 Å². The van der Waals surface area contributed by atoms with Gasteiger partial charge in [-0.3, -0.25) is 25.2 Å². The molecule has 37 heavy (non-hydrogen) atoms. The number of hydrogen-bond donors (Lipinski definition) is 7. The van der Waals surface area contributed by atoms with Crippen LogP contribution in [0, 0.1) is 0 Å². The van der Waals surface area contributed by atoms with E-state index in [1.807, 2.05) is 10.6 Å². The predicted molar refractivity (Wildman–Crippen MR) is 135 cm³/mol. The third-order valence-electron chi connectivity index (χ3n) is 4.84. The third-order valence-corrected chi connectivity index (χ3v) is 5.85. The molecule has 0 unspecified atom stereocenters. The Morgan fingerprint density at radius 3 is 2.16 bits per heavy atom. The molecule has 3 aromatic rings. The fraction of sp³-hybridized carbons (Fsp3) is 0.217. The molecule has 13 nitrogen and oxygen atoms in total. The van der Waals surface area contributed by atoms with Crippen molar-refractivity contribution in [3.05, 3.63) is 70.5 Å². The number of carboxylic acid groups (broad SMARTS) is 2. The summed E-state index contributed by atoms with van der Waals surface area (Å²) in [6.45, 7) is 1.68. The molecule has 0 fully saturated rings. The maximum absolute atomic E-state index is 12.9. The van der Waals surface area contributed by atoms with Crippen molar-refractivity contribution in [3.8, 4) is 0 Å². The zero-order chi connectivity index (χ0) is 26.8. The Balaban J connectivity index is 1.66. The molecule has 0 atom stereocenters. The van der Waals surface area contributed by atoms with Gasteiger partial charge in [0.25, 0.3) is 5.91 Å². The first-order valence-corrected chi connectivity index (χ1v) is 11.8. The fourth-order valence-electron chi connectivity index (χ4n) is 3.22. The second kappa shape index (κ2) is 12.8. The SMILES string of the molecule is CC(=O)Nc1nc(CCc2ccc(NC(NC(=O)O)NC(=O)O)cc2)c(C(=O)NCc2ccncc2)s1. The molecule has 0 aliphatic carbocycles. The second-order valence-electron chi connectivity index (χ2n) is 7.69. The summed E-state index contributed by atoms with van der Waals surface area (Å²) in [6, 6.07) is 10.5. The molecular formula is C23H25N7O6S. The van der Waals surface area contributed by atoms with Gasteiger partial charge in [-0.2, -0.15) is 0 Å². The van der Waals surface area contributed by atoms with Gasteiger partial charge < -0.3 is 26.2 Å². The van der Waals surface area contributed by atoms with Crippen LogP contribution in [0.4, 0.5) is 20.4 Å². The maximum atomic E-state index is 12.9. The first kappa shape index (κ1) is 26.9. The van der Waals surface area contributed by atoms with Crippen LogP contribution in [0.1, 0.15) is 33.4 Å². The molecule has 3 rings (SSSR count). The highest BCUT2D eigenvalue weighted by molar-refractivity contribution is 7.17. The molecule has 0 saturated carbocycles. The van der Waals surface area contributed by atoms with E-state index >= 15 is 0 Å². The van der Waals surface area contributed by atoms with E-state index in [9.17, 15) is 19.2 Å². The van der Waals surface area contributed by atoms with Gasteiger partial charge in [0.2, 0.25) is 5.91 Å². The molecule has 14 heteroatoms. The number of anilines is 2. The van der Waals surface area contributed by atoms with Crippen LogP contribution in [-0.2, 0) is 24.2 Å². The van der Waals surface area contributed by atoms with Gasteiger partial charge in [0.1, 0.15) is 4.88 Å². The molecule has 2 aromatic heterocycles. The molecule has 4 amide bonds. The third kappa shape index (κ3) is 8.78. The highest BCUT2D eigenvalue weighted by Crippen LogP contribution is 2.25. The van der Waals surface area contributed by atoms with Gasteiger partial charge in [-0.05, 0) is 48.2 Å². The van der Waals surface area contributed by atoms with Crippen LogP contribution in [0.2, 0.25) is 0 Å². The smallest absolute Gasteiger partial charge is 0.407 e. The van der Waals surface area contributed by atoms with E-state index in [1.54, 1.807) is 48.8 Å². The van der Waals surface area contributed by atoms with Gasteiger partial charge in [0.15, 0.2) is 11.4 Å². The molecule has 0 aliphatic heterocycles. The second-order valence-corrected chi connectivity index (χ2v) is 8.69. The van der Waals surface area contributed by atoms with Crippen molar-refractivity contribution in [1.29, 1.82) is 0 Å². The Morgan fingerprint density at radius 2 is 1.57 bits per heavy atom. The highest BCUT2D eigenvalue weighted by atomic mass is 32.1. The summed E-state index contributed by atoms with van der Waals surface area (Å²) in [5.41, 5.74) is 2.81. The Hall–Kier alpha value is -4.72. The van der Waals surface area contributed by atoms with Crippen molar-refractivity contribution in [3.63, 3.8) is 0 Å². The van der Waals surface area contributed by atoms with Crippen molar-refractivity contribution in [1.82, 2.24) is 25.9 Å². The van der Waals surface area contributed by atoms with E-state index in [1.165, 1.54) is 6.92 Å². The van der Waals surface area contributed by atoms with Gasteiger partial charge in [0.05, 0.1) is 5.69 Å². The number of thiazole rings is 1. The molecule has 0 saturated heterocycles. The van der Waals surface area contributed by atoms with Crippen LogP contribution >= 0.6 is 11.3 Å². The van der Waals surface area contributed by atoms with E-state index in [0.717, 1.165) is 22.5 Å². The average molecular weight is 528 g/mol. The minimum absolute atomic E-state index is 0.291.